The second-order valence-electron chi connectivity index (χ2n) is 8.14. The third-order valence-corrected chi connectivity index (χ3v) is 6.50. The molecule has 0 saturated heterocycles. The standard InChI is InChI=1S/C20H27NO8S/c1-12(2)15-7-5-13(3)9-17(15)29-19(22)11-28-20(23)14-6-8-18(30(4,26)27)16(10-14)21(24)25/h6,8,10,12-13,15,17H,5,7,9,11H2,1-4H3/t13-,15+,17+/m1/s1. The van der Waals surface area contributed by atoms with Gasteiger partial charge in [0.2, 0.25) is 0 Å². The quantitative estimate of drug-likeness (QED) is 0.358. The van der Waals surface area contributed by atoms with Crippen LogP contribution in [0.3, 0.4) is 0 Å². The van der Waals surface area contributed by atoms with Gasteiger partial charge in [-0.1, -0.05) is 27.2 Å². The molecule has 1 saturated carbocycles. The van der Waals surface area contributed by atoms with Gasteiger partial charge in [0, 0.05) is 12.3 Å². The Hall–Kier alpha value is -2.49. The minimum absolute atomic E-state index is 0.228. The molecule has 166 valence electrons. The molecule has 9 nitrogen and oxygen atoms in total. The maximum absolute atomic E-state index is 12.2. The normalized spacial score (nSPS) is 21.8. The van der Waals surface area contributed by atoms with Gasteiger partial charge in [0.15, 0.2) is 16.4 Å². The van der Waals surface area contributed by atoms with Crippen molar-refractivity contribution >= 4 is 27.5 Å². The predicted octanol–water partition coefficient (Wildman–Crippen LogP) is 3.16. The van der Waals surface area contributed by atoms with E-state index in [1.165, 1.54) is 0 Å². The van der Waals surface area contributed by atoms with Crippen molar-refractivity contribution in [1.82, 2.24) is 0 Å². The minimum Gasteiger partial charge on any atom is -0.460 e. The summed E-state index contributed by atoms with van der Waals surface area (Å²) in [5, 5.41) is 11.2. The van der Waals surface area contributed by atoms with Crippen molar-refractivity contribution in [2.24, 2.45) is 17.8 Å². The number of sulfone groups is 1. The van der Waals surface area contributed by atoms with E-state index in [4.69, 9.17) is 9.47 Å². The van der Waals surface area contributed by atoms with Crippen LogP contribution in [0.1, 0.15) is 50.4 Å². The van der Waals surface area contributed by atoms with E-state index in [0.717, 1.165) is 43.7 Å². The fourth-order valence-corrected chi connectivity index (χ4v) is 4.59. The summed E-state index contributed by atoms with van der Waals surface area (Å²) in [5.41, 5.74) is -0.959. The average Bonchev–Trinajstić information content (AvgIpc) is 2.64. The number of nitro benzene ring substituents is 1. The number of nitro groups is 1. The van der Waals surface area contributed by atoms with Gasteiger partial charge in [-0.15, -0.1) is 0 Å². The molecule has 1 aliphatic rings. The van der Waals surface area contributed by atoms with E-state index in [9.17, 15) is 28.1 Å². The van der Waals surface area contributed by atoms with Crippen molar-refractivity contribution in [1.29, 1.82) is 0 Å². The van der Waals surface area contributed by atoms with Crippen LogP contribution in [0.15, 0.2) is 23.1 Å². The Balaban J connectivity index is 2.04. The summed E-state index contributed by atoms with van der Waals surface area (Å²) in [7, 11) is -3.85. The maximum atomic E-state index is 12.2. The summed E-state index contributed by atoms with van der Waals surface area (Å²) in [6.45, 7) is 5.63. The molecule has 0 unspecified atom stereocenters. The Bertz CT molecular complexity index is 925. The van der Waals surface area contributed by atoms with Crippen LogP contribution in [0, 0.1) is 27.9 Å². The zero-order valence-electron chi connectivity index (χ0n) is 17.5. The minimum atomic E-state index is -3.85. The molecule has 0 aliphatic heterocycles. The highest BCUT2D eigenvalue weighted by Gasteiger charge is 2.33. The topological polar surface area (TPSA) is 130 Å². The first-order valence-corrected chi connectivity index (χ1v) is 11.6. The van der Waals surface area contributed by atoms with Crippen molar-refractivity contribution < 1.29 is 32.4 Å². The van der Waals surface area contributed by atoms with Gasteiger partial charge in [0.25, 0.3) is 5.69 Å². The van der Waals surface area contributed by atoms with E-state index in [1.54, 1.807) is 0 Å². The fourth-order valence-electron chi connectivity index (χ4n) is 3.76. The Kier molecular flexibility index (Phi) is 7.57. The van der Waals surface area contributed by atoms with Gasteiger partial charge < -0.3 is 9.47 Å². The molecular formula is C20H27NO8S. The molecule has 0 N–H and O–H groups in total. The van der Waals surface area contributed by atoms with E-state index in [0.29, 0.717) is 11.8 Å². The monoisotopic (exact) mass is 441 g/mol. The molecule has 0 spiro atoms. The largest absolute Gasteiger partial charge is 0.460 e. The van der Waals surface area contributed by atoms with Crippen molar-refractivity contribution in [2.45, 2.75) is 51.0 Å². The van der Waals surface area contributed by atoms with E-state index in [2.05, 4.69) is 20.8 Å². The predicted molar refractivity (Wildman–Crippen MR) is 108 cm³/mol. The van der Waals surface area contributed by atoms with Gasteiger partial charge in [0.1, 0.15) is 11.0 Å². The summed E-state index contributed by atoms with van der Waals surface area (Å²) < 4.78 is 33.8. The molecule has 1 aromatic carbocycles. The Morgan fingerprint density at radius 3 is 2.50 bits per heavy atom. The molecule has 0 heterocycles. The first-order chi connectivity index (χ1) is 13.9. The zero-order valence-corrected chi connectivity index (χ0v) is 18.3. The second kappa shape index (κ2) is 9.55. The highest BCUT2D eigenvalue weighted by atomic mass is 32.2. The van der Waals surface area contributed by atoms with Crippen LogP contribution in [0.5, 0.6) is 0 Å². The lowest BCUT2D eigenvalue weighted by atomic mass is 9.75. The first kappa shape index (κ1) is 23.8. The summed E-state index contributed by atoms with van der Waals surface area (Å²) in [5.74, 6) is -0.629. The van der Waals surface area contributed by atoms with E-state index in [1.807, 2.05) is 0 Å². The van der Waals surface area contributed by atoms with Crippen LogP contribution in [-0.2, 0) is 24.1 Å². The van der Waals surface area contributed by atoms with Crippen LogP contribution in [0.25, 0.3) is 0 Å². The number of nitrogens with zero attached hydrogens (tertiary/aromatic N) is 1. The molecule has 0 aromatic heterocycles. The van der Waals surface area contributed by atoms with E-state index in [-0.39, 0.29) is 17.6 Å². The summed E-state index contributed by atoms with van der Waals surface area (Å²) in [6, 6.07) is 2.90. The maximum Gasteiger partial charge on any atom is 0.344 e. The highest BCUT2D eigenvalue weighted by molar-refractivity contribution is 7.90. The number of hydrogen-bond donors (Lipinski definition) is 0. The molecule has 3 atom stereocenters. The summed E-state index contributed by atoms with van der Waals surface area (Å²) in [6.07, 6.45) is 3.39. The van der Waals surface area contributed by atoms with Gasteiger partial charge in [-0.25, -0.2) is 18.0 Å². The fraction of sp³-hybridized carbons (Fsp3) is 0.600. The number of benzene rings is 1. The number of rotatable bonds is 7. The molecule has 30 heavy (non-hydrogen) atoms. The second-order valence-corrected chi connectivity index (χ2v) is 10.1. The third-order valence-electron chi connectivity index (χ3n) is 5.36. The van der Waals surface area contributed by atoms with Crippen LogP contribution in [0.4, 0.5) is 5.69 Å². The van der Waals surface area contributed by atoms with Crippen LogP contribution in [-0.4, -0.2) is 44.2 Å². The molecule has 1 fully saturated rings. The van der Waals surface area contributed by atoms with Gasteiger partial charge in [-0.05, 0) is 42.7 Å². The summed E-state index contributed by atoms with van der Waals surface area (Å²) >= 11 is 0. The van der Waals surface area contributed by atoms with Gasteiger partial charge in [0.05, 0.1) is 10.5 Å². The lowest BCUT2D eigenvalue weighted by Crippen LogP contribution is -2.36. The first-order valence-electron chi connectivity index (χ1n) is 9.75. The van der Waals surface area contributed by atoms with Crippen molar-refractivity contribution in [3.63, 3.8) is 0 Å². The lowest BCUT2D eigenvalue weighted by Gasteiger charge is -2.36. The number of carbonyl (C=O) groups is 2. The Morgan fingerprint density at radius 1 is 1.27 bits per heavy atom. The smallest absolute Gasteiger partial charge is 0.344 e. The molecule has 0 amide bonds. The van der Waals surface area contributed by atoms with Crippen molar-refractivity contribution in [3.05, 3.63) is 33.9 Å². The molecule has 0 radical (unpaired) electrons. The molecule has 2 rings (SSSR count). The Labute approximate surface area is 175 Å². The Morgan fingerprint density at radius 2 is 1.93 bits per heavy atom. The molecule has 1 aliphatic carbocycles. The molecule has 0 bridgehead atoms. The van der Waals surface area contributed by atoms with Gasteiger partial charge >= 0.3 is 11.9 Å². The summed E-state index contributed by atoms with van der Waals surface area (Å²) in [4.78, 5) is 34.2. The van der Waals surface area contributed by atoms with Crippen molar-refractivity contribution in [2.75, 3.05) is 12.9 Å². The van der Waals surface area contributed by atoms with Crippen LogP contribution < -0.4 is 0 Å². The van der Waals surface area contributed by atoms with E-state index >= 15 is 0 Å². The van der Waals surface area contributed by atoms with Crippen molar-refractivity contribution in [3.8, 4) is 0 Å². The molecule has 1 aromatic rings. The zero-order chi connectivity index (χ0) is 22.6. The molecular weight excluding hydrogens is 414 g/mol. The number of ether oxygens (including phenoxy) is 2. The molecule has 10 heteroatoms. The average molecular weight is 442 g/mol. The highest BCUT2D eigenvalue weighted by Crippen LogP contribution is 2.35. The van der Waals surface area contributed by atoms with Crippen LogP contribution in [0.2, 0.25) is 0 Å². The van der Waals surface area contributed by atoms with E-state index < -0.39 is 43.9 Å². The number of carbonyl (C=O) groups excluding carboxylic acids is 2. The third kappa shape index (κ3) is 6.01. The number of hydrogen-bond acceptors (Lipinski definition) is 8. The lowest BCUT2D eigenvalue weighted by molar-refractivity contribution is -0.387. The van der Waals surface area contributed by atoms with Crippen LogP contribution >= 0.6 is 0 Å². The van der Waals surface area contributed by atoms with Gasteiger partial charge in [-0.2, -0.15) is 0 Å². The van der Waals surface area contributed by atoms with Gasteiger partial charge in [-0.3, -0.25) is 10.1 Å². The SMILES string of the molecule is CC(C)[C@@H]1CC[C@@H](C)C[C@@H]1OC(=O)COC(=O)c1ccc(S(C)(=O)=O)c([N+](=O)[O-])c1. The number of esters is 2.